The summed E-state index contributed by atoms with van der Waals surface area (Å²) in [4.78, 5) is 27.6. The van der Waals surface area contributed by atoms with Gasteiger partial charge < -0.3 is 20.3 Å². The molecular formula is C27H28ClFN4O5S. The molecule has 0 bridgehead atoms. The third-order valence-electron chi connectivity index (χ3n) is 6.25. The number of ether oxygens (including phenoxy) is 1. The summed E-state index contributed by atoms with van der Waals surface area (Å²) < 4.78 is 44.6. The zero-order chi connectivity index (χ0) is 28.2. The third-order valence-corrected chi connectivity index (χ3v) is 7.47. The Bertz CT molecular complexity index is 1460. The normalized spacial score (nSPS) is 19.5. The quantitative estimate of drug-likeness (QED) is 0.453. The van der Waals surface area contributed by atoms with Gasteiger partial charge in [0.15, 0.2) is 0 Å². The van der Waals surface area contributed by atoms with Crippen LogP contribution >= 0.6 is 11.6 Å². The van der Waals surface area contributed by atoms with Crippen LogP contribution in [0.1, 0.15) is 25.3 Å². The molecule has 0 spiro atoms. The van der Waals surface area contributed by atoms with Crippen LogP contribution in [0.25, 0.3) is 5.57 Å². The molecule has 4 rings (SSSR count). The maximum atomic E-state index is 14.9. The predicted octanol–water partition coefficient (Wildman–Crippen LogP) is 4.34. The largest absolute Gasteiger partial charge is 0.377 e. The van der Waals surface area contributed by atoms with E-state index in [0.717, 1.165) is 0 Å². The number of primary sulfonamides is 1. The predicted molar refractivity (Wildman–Crippen MR) is 147 cm³/mol. The topological polar surface area (TPSA) is 131 Å². The van der Waals surface area contributed by atoms with E-state index in [1.165, 1.54) is 41.3 Å². The van der Waals surface area contributed by atoms with Gasteiger partial charge in [0.05, 0.1) is 11.0 Å². The molecule has 2 aromatic carbocycles. The highest BCUT2D eigenvalue weighted by Gasteiger charge is 2.40. The minimum absolute atomic E-state index is 0.142. The molecular weight excluding hydrogens is 547 g/mol. The van der Waals surface area contributed by atoms with Crippen LogP contribution in [0.3, 0.4) is 0 Å². The van der Waals surface area contributed by atoms with Gasteiger partial charge in [0.1, 0.15) is 11.9 Å². The summed E-state index contributed by atoms with van der Waals surface area (Å²) >= 11 is 5.91. The summed E-state index contributed by atoms with van der Waals surface area (Å²) in [6, 6.07) is 11.2. The first kappa shape index (κ1) is 28.5. The molecule has 1 fully saturated rings. The second-order valence-corrected chi connectivity index (χ2v) is 11.0. The molecule has 2 atom stereocenters. The van der Waals surface area contributed by atoms with Crippen molar-refractivity contribution >= 4 is 44.8 Å². The number of amides is 3. The molecule has 0 aromatic heterocycles. The summed E-state index contributed by atoms with van der Waals surface area (Å²) in [5.74, 6) is -1.09. The lowest BCUT2D eigenvalue weighted by Gasteiger charge is -2.24. The van der Waals surface area contributed by atoms with E-state index < -0.39 is 33.8 Å². The molecule has 206 valence electrons. The summed E-state index contributed by atoms with van der Waals surface area (Å²) in [6.45, 7) is 2.45. The number of urea groups is 1. The van der Waals surface area contributed by atoms with Crippen LogP contribution in [0.5, 0.6) is 0 Å². The number of nitrogens with one attached hydrogen (secondary N) is 2. The van der Waals surface area contributed by atoms with E-state index in [0.29, 0.717) is 17.3 Å². The number of rotatable bonds is 7. The number of hydrogen-bond donors (Lipinski definition) is 3. The number of carbonyl (C=O) groups excluding carboxylic acids is 2. The maximum Gasteiger partial charge on any atom is 0.322 e. The molecule has 1 heterocycles. The average molecular weight is 575 g/mol. The van der Waals surface area contributed by atoms with E-state index in [9.17, 15) is 22.4 Å². The lowest BCUT2D eigenvalue weighted by Crippen LogP contribution is -2.47. The number of sulfonamides is 1. The molecule has 4 N–H and O–H groups in total. The summed E-state index contributed by atoms with van der Waals surface area (Å²) in [5, 5.41) is 11.3. The highest BCUT2D eigenvalue weighted by molar-refractivity contribution is 7.89. The van der Waals surface area contributed by atoms with Crippen LogP contribution in [0, 0.1) is 0 Å². The zero-order valence-electron chi connectivity index (χ0n) is 21.1. The van der Waals surface area contributed by atoms with Crippen molar-refractivity contribution < 1.29 is 27.1 Å². The minimum Gasteiger partial charge on any atom is -0.377 e. The van der Waals surface area contributed by atoms with Gasteiger partial charge in [-0.25, -0.2) is 22.7 Å². The lowest BCUT2D eigenvalue weighted by molar-refractivity contribution is -0.124. The number of allylic oxidation sites excluding steroid dienone is 5. The number of carbonyl (C=O) groups is 2. The Morgan fingerprint density at radius 2 is 1.85 bits per heavy atom. The second kappa shape index (κ2) is 12.1. The first-order valence-corrected chi connectivity index (χ1v) is 14.1. The van der Waals surface area contributed by atoms with Crippen LogP contribution in [0.15, 0.2) is 83.2 Å². The first-order chi connectivity index (χ1) is 18.5. The monoisotopic (exact) mass is 574 g/mol. The van der Waals surface area contributed by atoms with Gasteiger partial charge in [0.25, 0.3) is 0 Å². The molecule has 1 aliphatic heterocycles. The highest BCUT2D eigenvalue weighted by atomic mass is 35.5. The molecule has 2 aromatic rings. The number of nitrogens with zero attached hydrogens (tertiary/aromatic N) is 1. The Hall–Kier alpha value is -3.51. The molecule has 1 aliphatic carbocycles. The fourth-order valence-electron chi connectivity index (χ4n) is 4.50. The Morgan fingerprint density at radius 1 is 1.13 bits per heavy atom. The van der Waals surface area contributed by atoms with Crippen LogP contribution in [0.4, 0.5) is 14.9 Å². The van der Waals surface area contributed by atoms with Crippen molar-refractivity contribution in [3.63, 3.8) is 0 Å². The van der Waals surface area contributed by atoms with Gasteiger partial charge in [-0.05, 0) is 55.0 Å². The standard InChI is InChI=1S/C27H28ClFN4O5S/c1-2-38-22-15-24(33(16-22)27(35)32-20-11-8-18(28)9-12-20)26(34)31-21-10-7-17(13-19(29)14-21)23-5-3-4-6-25(23)39(30,36)37/h3-13,22,24H,2,14-16H2,1H3,(H,31,34)(H,32,35)(H2,30,36,37)/t22-,24-/m1/s1. The summed E-state index contributed by atoms with van der Waals surface area (Å²) in [5.41, 5.74) is 1.27. The molecule has 0 radical (unpaired) electrons. The molecule has 12 heteroatoms. The molecule has 3 amide bonds. The number of nitrogens with two attached hydrogens (primary N) is 1. The summed E-state index contributed by atoms with van der Waals surface area (Å²) in [6.07, 6.45) is 3.90. The van der Waals surface area contributed by atoms with E-state index in [4.69, 9.17) is 21.5 Å². The molecule has 0 unspecified atom stereocenters. The lowest BCUT2D eigenvalue weighted by atomic mass is 10.1. The minimum atomic E-state index is -4.05. The Balaban J connectivity index is 1.54. The van der Waals surface area contributed by atoms with Crippen molar-refractivity contribution in [1.29, 1.82) is 0 Å². The van der Waals surface area contributed by atoms with Crippen molar-refractivity contribution in [2.45, 2.75) is 36.8 Å². The molecule has 9 nitrogen and oxygen atoms in total. The van der Waals surface area contributed by atoms with E-state index in [1.807, 2.05) is 6.92 Å². The first-order valence-electron chi connectivity index (χ1n) is 12.2. The Morgan fingerprint density at radius 3 is 2.54 bits per heavy atom. The van der Waals surface area contributed by atoms with Crippen LogP contribution in [0.2, 0.25) is 5.02 Å². The molecule has 1 saturated heterocycles. The number of halogens is 2. The van der Waals surface area contributed by atoms with E-state index in [-0.39, 0.29) is 47.2 Å². The Kier molecular flexibility index (Phi) is 8.86. The molecule has 39 heavy (non-hydrogen) atoms. The van der Waals surface area contributed by atoms with Gasteiger partial charge >= 0.3 is 6.03 Å². The van der Waals surface area contributed by atoms with Crippen molar-refractivity contribution in [2.75, 3.05) is 18.5 Å². The van der Waals surface area contributed by atoms with Gasteiger partial charge in [0, 0.05) is 48.0 Å². The Labute approximate surface area is 231 Å². The van der Waals surface area contributed by atoms with E-state index >= 15 is 0 Å². The fraction of sp³-hybridized carbons (Fsp3) is 0.259. The van der Waals surface area contributed by atoms with Gasteiger partial charge in [-0.3, -0.25) is 4.79 Å². The number of likely N-dealkylation sites (tertiary alicyclic amines) is 1. The van der Waals surface area contributed by atoms with Crippen molar-refractivity contribution in [3.8, 4) is 0 Å². The third kappa shape index (κ3) is 7.12. The molecule has 2 aliphatic rings. The smallest absolute Gasteiger partial charge is 0.322 e. The van der Waals surface area contributed by atoms with Crippen molar-refractivity contribution in [1.82, 2.24) is 10.2 Å². The SMILES string of the molecule is CCO[C@@H]1C[C@H](C(=O)NC2=CC=C(c3ccccc3S(N)(=O)=O)C=C(F)C2)N(C(=O)Nc2ccc(Cl)cc2)C1. The average Bonchev–Trinajstić information content (AvgIpc) is 3.22. The number of benzene rings is 2. The molecule has 0 saturated carbocycles. The van der Waals surface area contributed by atoms with Crippen LogP contribution < -0.4 is 15.8 Å². The highest BCUT2D eigenvalue weighted by Crippen LogP contribution is 2.29. The second-order valence-electron chi connectivity index (χ2n) is 9.03. The van der Waals surface area contributed by atoms with Crippen LogP contribution in [-0.4, -0.2) is 50.6 Å². The van der Waals surface area contributed by atoms with Crippen molar-refractivity contribution in [2.24, 2.45) is 5.14 Å². The van der Waals surface area contributed by atoms with Gasteiger partial charge in [-0.15, -0.1) is 0 Å². The van der Waals surface area contributed by atoms with E-state index in [2.05, 4.69) is 10.6 Å². The zero-order valence-corrected chi connectivity index (χ0v) is 22.6. The fourth-order valence-corrected chi connectivity index (χ4v) is 5.39. The van der Waals surface area contributed by atoms with Gasteiger partial charge in [-0.2, -0.15) is 0 Å². The summed E-state index contributed by atoms with van der Waals surface area (Å²) in [7, 11) is -4.05. The number of anilines is 1. The van der Waals surface area contributed by atoms with Crippen LogP contribution in [-0.2, 0) is 19.6 Å². The maximum absolute atomic E-state index is 14.9. The van der Waals surface area contributed by atoms with Gasteiger partial charge in [0.2, 0.25) is 15.9 Å². The van der Waals surface area contributed by atoms with Crippen molar-refractivity contribution in [3.05, 3.63) is 88.9 Å². The van der Waals surface area contributed by atoms with Gasteiger partial charge in [-0.1, -0.05) is 35.9 Å². The van der Waals surface area contributed by atoms with E-state index in [1.54, 1.807) is 30.3 Å². The number of hydrogen-bond acceptors (Lipinski definition) is 5.